The molecule has 0 aromatic heterocycles. The van der Waals surface area contributed by atoms with Crippen LogP contribution in [0.3, 0.4) is 0 Å². The molecule has 0 amide bonds. The van der Waals surface area contributed by atoms with Crippen molar-refractivity contribution in [3.8, 4) is 11.8 Å². The summed E-state index contributed by atoms with van der Waals surface area (Å²) >= 11 is 0. The van der Waals surface area contributed by atoms with Gasteiger partial charge in [0.25, 0.3) is 0 Å². The summed E-state index contributed by atoms with van der Waals surface area (Å²) in [6.45, 7) is 1.35. The van der Waals surface area contributed by atoms with Crippen LogP contribution in [0.4, 0.5) is 13.2 Å². The van der Waals surface area contributed by atoms with Crippen molar-refractivity contribution < 1.29 is 27.5 Å². The predicted octanol–water partition coefficient (Wildman–Crippen LogP) is 2.69. The number of aliphatic imine (C=N–C) groups is 1. The topological polar surface area (TPSA) is 60.2 Å². The van der Waals surface area contributed by atoms with E-state index in [1.165, 1.54) is 33.2 Å². The van der Waals surface area contributed by atoms with Crippen LogP contribution in [0.2, 0.25) is 0 Å². The van der Waals surface area contributed by atoms with Crippen molar-refractivity contribution >= 4 is 17.4 Å². The Kier molecular flexibility index (Phi) is 6.98. The first kappa shape index (κ1) is 19.2. The first-order chi connectivity index (χ1) is 11.3. The summed E-state index contributed by atoms with van der Waals surface area (Å²) in [5.74, 6) is 4.28. The molecule has 0 aliphatic heterocycles. The Hall–Kier alpha value is -2.82. The number of ether oxygens (including phenoxy) is 1. The van der Waals surface area contributed by atoms with Crippen molar-refractivity contribution in [2.45, 2.75) is 13.1 Å². The number of oxime groups is 1. The number of hydrogen-bond donors (Lipinski definition) is 0. The zero-order chi connectivity index (χ0) is 18.2. The summed E-state index contributed by atoms with van der Waals surface area (Å²) in [5, 5.41) is 3.70. The van der Waals surface area contributed by atoms with Crippen molar-refractivity contribution in [3.63, 3.8) is 0 Å². The van der Waals surface area contributed by atoms with Crippen LogP contribution in [-0.4, -0.2) is 38.2 Å². The van der Waals surface area contributed by atoms with Gasteiger partial charge in [-0.05, 0) is 30.5 Å². The smallest absolute Gasteiger partial charge is 0.416 e. The van der Waals surface area contributed by atoms with Crippen molar-refractivity contribution in [1.82, 2.24) is 0 Å². The van der Waals surface area contributed by atoms with Crippen LogP contribution in [0.1, 0.15) is 18.1 Å². The Balaban J connectivity index is 2.71. The third-order valence-electron chi connectivity index (χ3n) is 2.76. The number of benzene rings is 1. The maximum atomic E-state index is 12.6. The molecule has 1 aromatic carbocycles. The summed E-state index contributed by atoms with van der Waals surface area (Å²) in [7, 11) is 2.59. The van der Waals surface area contributed by atoms with Crippen molar-refractivity contribution in [2.24, 2.45) is 10.1 Å². The number of rotatable bonds is 4. The van der Waals surface area contributed by atoms with E-state index in [1.807, 2.05) is 0 Å². The van der Waals surface area contributed by atoms with Gasteiger partial charge in [-0.1, -0.05) is 23.2 Å². The molecule has 8 heteroatoms. The van der Waals surface area contributed by atoms with Gasteiger partial charge in [-0.15, -0.1) is 0 Å². The summed E-state index contributed by atoms with van der Waals surface area (Å²) in [6, 6.07) is 4.73. The molecule has 0 N–H and O–H groups in total. The predicted molar refractivity (Wildman–Crippen MR) is 82.8 cm³/mol. The fourth-order valence-electron chi connectivity index (χ4n) is 1.55. The second kappa shape index (κ2) is 8.72. The summed E-state index contributed by atoms with van der Waals surface area (Å²) in [4.78, 5) is 19.7. The van der Waals surface area contributed by atoms with Crippen LogP contribution in [-0.2, 0) is 20.5 Å². The lowest BCUT2D eigenvalue weighted by atomic mass is 10.1. The van der Waals surface area contributed by atoms with E-state index in [2.05, 4.69) is 26.7 Å². The SMILES string of the molecule is CN=C(C#CCO/N=C(\C)c1cccc(C(F)(F)F)c1)C(=O)OC. The van der Waals surface area contributed by atoms with Crippen molar-refractivity contribution in [2.75, 3.05) is 20.8 Å². The van der Waals surface area contributed by atoms with Crippen LogP contribution in [0.15, 0.2) is 34.4 Å². The minimum absolute atomic E-state index is 0.0697. The van der Waals surface area contributed by atoms with Crippen molar-refractivity contribution in [3.05, 3.63) is 35.4 Å². The van der Waals surface area contributed by atoms with E-state index in [9.17, 15) is 18.0 Å². The fourth-order valence-corrected chi connectivity index (χ4v) is 1.55. The molecular weight excluding hydrogens is 325 g/mol. The largest absolute Gasteiger partial charge is 0.464 e. The second-order valence-electron chi connectivity index (χ2n) is 4.39. The van der Waals surface area contributed by atoms with Gasteiger partial charge in [0, 0.05) is 7.05 Å². The van der Waals surface area contributed by atoms with Gasteiger partial charge in [0.1, 0.15) is 0 Å². The molecule has 0 atom stereocenters. The number of alkyl halides is 3. The van der Waals surface area contributed by atoms with Crippen LogP contribution in [0, 0.1) is 11.8 Å². The quantitative estimate of drug-likeness (QED) is 0.278. The number of hydrogen-bond acceptors (Lipinski definition) is 5. The Labute approximate surface area is 137 Å². The van der Waals surface area contributed by atoms with Gasteiger partial charge in [-0.2, -0.15) is 13.2 Å². The molecule has 0 heterocycles. The van der Waals surface area contributed by atoms with Gasteiger partial charge < -0.3 is 9.57 Å². The van der Waals surface area contributed by atoms with Crippen molar-refractivity contribution in [1.29, 1.82) is 0 Å². The van der Waals surface area contributed by atoms with Gasteiger partial charge in [-0.25, -0.2) is 4.79 Å². The van der Waals surface area contributed by atoms with E-state index in [-0.39, 0.29) is 23.6 Å². The number of methoxy groups -OCH3 is 1. The lowest BCUT2D eigenvalue weighted by molar-refractivity contribution is -0.137. The van der Waals surface area contributed by atoms with E-state index in [4.69, 9.17) is 4.84 Å². The highest BCUT2D eigenvalue weighted by Gasteiger charge is 2.30. The third kappa shape index (κ3) is 5.76. The highest BCUT2D eigenvalue weighted by molar-refractivity contribution is 6.43. The summed E-state index contributed by atoms with van der Waals surface area (Å²) < 4.78 is 42.4. The Bertz CT molecular complexity index is 713. The van der Waals surface area contributed by atoms with Gasteiger partial charge >= 0.3 is 12.1 Å². The maximum Gasteiger partial charge on any atom is 0.416 e. The van der Waals surface area contributed by atoms with E-state index in [0.717, 1.165) is 12.1 Å². The highest BCUT2D eigenvalue weighted by atomic mass is 19.4. The molecule has 5 nitrogen and oxygen atoms in total. The van der Waals surface area contributed by atoms with Gasteiger partial charge in [0.05, 0.1) is 18.4 Å². The zero-order valence-corrected chi connectivity index (χ0v) is 13.3. The molecule has 0 bridgehead atoms. The summed E-state index contributed by atoms with van der Waals surface area (Å²) in [6.07, 6.45) is -4.42. The van der Waals surface area contributed by atoms with E-state index in [1.54, 1.807) is 0 Å². The Morgan fingerprint density at radius 2 is 2.04 bits per heavy atom. The van der Waals surface area contributed by atoms with Crippen LogP contribution >= 0.6 is 0 Å². The molecule has 24 heavy (non-hydrogen) atoms. The molecule has 0 saturated carbocycles. The third-order valence-corrected chi connectivity index (χ3v) is 2.76. The van der Waals surface area contributed by atoms with E-state index < -0.39 is 17.7 Å². The maximum absolute atomic E-state index is 12.6. The molecule has 0 spiro atoms. The Morgan fingerprint density at radius 3 is 2.62 bits per heavy atom. The zero-order valence-electron chi connectivity index (χ0n) is 13.3. The minimum atomic E-state index is -4.42. The summed E-state index contributed by atoms with van der Waals surface area (Å²) in [5.41, 5.74) is -0.292. The van der Waals surface area contributed by atoms with Gasteiger partial charge in [0.2, 0.25) is 0 Å². The minimum Gasteiger partial charge on any atom is -0.464 e. The number of nitrogens with zero attached hydrogens (tertiary/aromatic N) is 2. The molecular formula is C16H15F3N2O3. The van der Waals surface area contributed by atoms with Gasteiger partial charge in [0.15, 0.2) is 12.3 Å². The molecule has 128 valence electrons. The molecule has 1 rings (SSSR count). The molecule has 0 fully saturated rings. The number of carbonyl (C=O) groups excluding carboxylic acids is 1. The second-order valence-corrected chi connectivity index (χ2v) is 4.39. The first-order valence-corrected chi connectivity index (χ1v) is 6.67. The molecule has 0 aliphatic rings. The molecule has 0 unspecified atom stereocenters. The lowest BCUT2D eigenvalue weighted by Crippen LogP contribution is -2.13. The number of halogens is 3. The molecule has 0 saturated heterocycles. The fraction of sp³-hybridized carbons (Fsp3) is 0.312. The number of carbonyl (C=O) groups is 1. The monoisotopic (exact) mass is 340 g/mol. The molecule has 0 radical (unpaired) electrons. The van der Waals surface area contributed by atoms with Gasteiger partial charge in [-0.3, -0.25) is 4.99 Å². The van der Waals surface area contributed by atoms with E-state index >= 15 is 0 Å². The highest BCUT2D eigenvalue weighted by Crippen LogP contribution is 2.29. The van der Waals surface area contributed by atoms with E-state index in [0.29, 0.717) is 0 Å². The van der Waals surface area contributed by atoms with Crippen LogP contribution in [0.25, 0.3) is 0 Å². The van der Waals surface area contributed by atoms with Crippen LogP contribution in [0.5, 0.6) is 0 Å². The standard InChI is InChI=1S/C16H15F3N2O3/c1-11(12-6-4-7-13(10-12)16(17,18)19)21-24-9-5-8-14(20-2)15(22)23-3/h4,6-7,10H,9H2,1-3H3/b20-14?,21-11+. The average molecular weight is 340 g/mol. The molecule has 0 aliphatic carbocycles. The molecule has 1 aromatic rings. The van der Waals surface area contributed by atoms with Crippen LogP contribution < -0.4 is 0 Å². The lowest BCUT2D eigenvalue weighted by Gasteiger charge is -2.08. The average Bonchev–Trinajstić information content (AvgIpc) is 2.56. The first-order valence-electron chi connectivity index (χ1n) is 6.67. The normalized spacial score (nSPS) is 12.2. The Morgan fingerprint density at radius 1 is 1.33 bits per heavy atom. The number of esters is 1.